The van der Waals surface area contributed by atoms with Gasteiger partial charge in [-0.1, -0.05) is 43.7 Å². The molecule has 26 heavy (non-hydrogen) atoms. The molecule has 134 valence electrons. The maximum atomic E-state index is 13.4. The van der Waals surface area contributed by atoms with Crippen LogP contribution in [0.2, 0.25) is 0 Å². The molecule has 0 aromatic heterocycles. The summed E-state index contributed by atoms with van der Waals surface area (Å²) in [5, 5.41) is 10.4. The number of amides is 1. The van der Waals surface area contributed by atoms with E-state index in [0.717, 1.165) is 5.56 Å². The molecule has 1 N–H and O–H groups in total. The van der Waals surface area contributed by atoms with Gasteiger partial charge < -0.3 is 5.11 Å². The predicted octanol–water partition coefficient (Wildman–Crippen LogP) is 4.26. The highest BCUT2D eigenvalue weighted by molar-refractivity contribution is 6.16. The van der Waals surface area contributed by atoms with Gasteiger partial charge in [0.1, 0.15) is 5.82 Å². The van der Waals surface area contributed by atoms with Gasteiger partial charge in [0.15, 0.2) is 11.5 Å². The Kier molecular flexibility index (Phi) is 4.64. The number of benzene rings is 2. The highest BCUT2D eigenvalue weighted by Gasteiger charge is 2.44. The van der Waals surface area contributed by atoms with E-state index in [-0.39, 0.29) is 17.3 Å². The maximum Gasteiger partial charge on any atom is 0.294 e. The monoisotopic (exact) mass is 353 g/mol. The van der Waals surface area contributed by atoms with Crippen LogP contribution in [0.15, 0.2) is 59.9 Å². The summed E-state index contributed by atoms with van der Waals surface area (Å²) in [6.07, 6.45) is 0. The summed E-state index contributed by atoms with van der Waals surface area (Å²) in [7, 11) is 0. The van der Waals surface area contributed by atoms with E-state index in [1.165, 1.54) is 29.2 Å². The lowest BCUT2D eigenvalue weighted by atomic mass is 9.91. The van der Waals surface area contributed by atoms with Gasteiger partial charge in [0, 0.05) is 11.6 Å². The first-order valence-corrected chi connectivity index (χ1v) is 8.44. The predicted molar refractivity (Wildman–Crippen MR) is 97.3 cm³/mol. The largest absolute Gasteiger partial charge is 0.503 e. The third-order valence-corrected chi connectivity index (χ3v) is 4.50. The number of aliphatic hydroxyl groups is 1. The highest BCUT2D eigenvalue weighted by atomic mass is 19.1. The van der Waals surface area contributed by atoms with E-state index in [1.807, 2.05) is 19.1 Å². The average Bonchev–Trinajstić information content (AvgIpc) is 2.87. The van der Waals surface area contributed by atoms with Crippen molar-refractivity contribution >= 4 is 17.4 Å². The Morgan fingerprint density at radius 1 is 1.08 bits per heavy atom. The number of carbonyl (C=O) groups is 2. The number of halogens is 1. The molecule has 3 rings (SSSR count). The molecule has 1 amide bonds. The van der Waals surface area contributed by atoms with Gasteiger partial charge in [0.25, 0.3) is 5.91 Å². The number of hydrogen-bond donors (Lipinski definition) is 1. The second-order valence-corrected chi connectivity index (χ2v) is 6.75. The summed E-state index contributed by atoms with van der Waals surface area (Å²) < 4.78 is 13.4. The van der Waals surface area contributed by atoms with Gasteiger partial charge in [0.2, 0.25) is 0 Å². The van der Waals surface area contributed by atoms with E-state index in [9.17, 15) is 19.1 Å². The number of rotatable bonds is 4. The molecule has 0 radical (unpaired) electrons. The number of carbonyl (C=O) groups excluding carboxylic acids is 2. The first-order chi connectivity index (χ1) is 12.3. The first kappa shape index (κ1) is 17.9. The van der Waals surface area contributed by atoms with Crippen LogP contribution in [-0.4, -0.2) is 16.8 Å². The molecule has 0 saturated heterocycles. The maximum absolute atomic E-state index is 13.4. The van der Waals surface area contributed by atoms with E-state index in [2.05, 4.69) is 0 Å². The SMILES string of the molecule is Cc1ccc(N2C(=O)C(O)=C(C(=O)C(C)C)C2c2ccc(F)cc2)cc1. The molecular weight excluding hydrogens is 333 g/mol. The zero-order valence-corrected chi connectivity index (χ0v) is 14.9. The minimum atomic E-state index is -0.791. The Balaban J connectivity index is 2.17. The molecule has 0 aliphatic carbocycles. The average molecular weight is 353 g/mol. The van der Waals surface area contributed by atoms with Crippen LogP contribution < -0.4 is 4.90 Å². The number of aliphatic hydroxyl groups excluding tert-OH is 1. The van der Waals surface area contributed by atoms with Crippen LogP contribution in [0.3, 0.4) is 0 Å². The molecule has 1 unspecified atom stereocenters. The van der Waals surface area contributed by atoms with Crippen LogP contribution in [0, 0.1) is 18.7 Å². The molecule has 0 fully saturated rings. The van der Waals surface area contributed by atoms with Crippen molar-refractivity contribution in [2.45, 2.75) is 26.8 Å². The molecule has 0 saturated carbocycles. The molecule has 2 aromatic carbocycles. The van der Waals surface area contributed by atoms with Crippen LogP contribution in [0.1, 0.15) is 31.0 Å². The van der Waals surface area contributed by atoms with Crippen molar-refractivity contribution in [3.63, 3.8) is 0 Å². The summed E-state index contributed by atoms with van der Waals surface area (Å²) in [5.41, 5.74) is 2.20. The van der Waals surface area contributed by atoms with Gasteiger partial charge in [0.05, 0.1) is 11.6 Å². The molecule has 4 nitrogen and oxygen atoms in total. The fourth-order valence-corrected chi connectivity index (χ4v) is 3.10. The Morgan fingerprint density at radius 2 is 1.65 bits per heavy atom. The van der Waals surface area contributed by atoms with E-state index < -0.39 is 23.5 Å². The van der Waals surface area contributed by atoms with Crippen LogP contribution >= 0.6 is 0 Å². The lowest BCUT2D eigenvalue weighted by Crippen LogP contribution is -2.31. The number of ketones is 1. The van der Waals surface area contributed by atoms with Crippen LogP contribution in [0.5, 0.6) is 0 Å². The van der Waals surface area contributed by atoms with E-state index in [1.54, 1.807) is 26.0 Å². The Labute approximate surface area is 151 Å². The minimum Gasteiger partial charge on any atom is -0.503 e. The van der Waals surface area contributed by atoms with Crippen molar-refractivity contribution in [1.82, 2.24) is 0 Å². The summed E-state index contributed by atoms with van der Waals surface area (Å²) in [4.78, 5) is 26.9. The van der Waals surface area contributed by atoms with Gasteiger partial charge >= 0.3 is 0 Å². The molecule has 1 aliphatic rings. The molecule has 2 aromatic rings. The quantitative estimate of drug-likeness (QED) is 0.893. The van der Waals surface area contributed by atoms with Crippen molar-refractivity contribution in [3.05, 3.63) is 76.8 Å². The fraction of sp³-hybridized carbons (Fsp3) is 0.238. The molecule has 1 atom stereocenters. The summed E-state index contributed by atoms with van der Waals surface area (Å²) in [6, 6.07) is 12.1. The molecule has 5 heteroatoms. The summed E-state index contributed by atoms with van der Waals surface area (Å²) >= 11 is 0. The third kappa shape index (κ3) is 3.01. The van der Waals surface area contributed by atoms with Crippen LogP contribution in [0.25, 0.3) is 0 Å². The van der Waals surface area contributed by atoms with Crippen molar-refractivity contribution in [2.75, 3.05) is 4.90 Å². The lowest BCUT2D eigenvalue weighted by Gasteiger charge is -2.27. The number of anilines is 1. The molecule has 1 heterocycles. The van der Waals surface area contributed by atoms with Crippen molar-refractivity contribution in [2.24, 2.45) is 5.92 Å². The number of nitrogens with zero attached hydrogens (tertiary/aromatic N) is 1. The zero-order valence-electron chi connectivity index (χ0n) is 14.9. The molecule has 0 bridgehead atoms. The van der Waals surface area contributed by atoms with Crippen LogP contribution in [0.4, 0.5) is 10.1 Å². The van der Waals surface area contributed by atoms with E-state index >= 15 is 0 Å². The Bertz CT molecular complexity index is 882. The van der Waals surface area contributed by atoms with Crippen molar-refractivity contribution in [1.29, 1.82) is 0 Å². The zero-order chi connectivity index (χ0) is 19.0. The standard InChI is InChI=1S/C21H20FNO3/c1-12(2)19(24)17-18(14-6-8-15(22)9-7-14)23(21(26)20(17)25)16-10-4-13(3)5-11-16/h4-12,18,25H,1-3H3. The van der Waals surface area contributed by atoms with Crippen molar-refractivity contribution < 1.29 is 19.1 Å². The molecular formula is C21H20FNO3. The van der Waals surface area contributed by atoms with Gasteiger partial charge in [-0.15, -0.1) is 0 Å². The third-order valence-electron chi connectivity index (χ3n) is 4.50. The Hall–Kier alpha value is -2.95. The second kappa shape index (κ2) is 6.75. The second-order valence-electron chi connectivity index (χ2n) is 6.75. The normalized spacial score (nSPS) is 17.3. The van der Waals surface area contributed by atoms with Gasteiger partial charge in [-0.3, -0.25) is 14.5 Å². The molecule has 0 spiro atoms. The summed E-state index contributed by atoms with van der Waals surface area (Å²) in [6.45, 7) is 5.35. The lowest BCUT2D eigenvalue weighted by molar-refractivity contribution is -0.119. The number of hydrogen-bond acceptors (Lipinski definition) is 3. The van der Waals surface area contributed by atoms with Crippen molar-refractivity contribution in [3.8, 4) is 0 Å². The fourth-order valence-electron chi connectivity index (χ4n) is 3.10. The van der Waals surface area contributed by atoms with E-state index in [4.69, 9.17) is 0 Å². The first-order valence-electron chi connectivity index (χ1n) is 8.44. The minimum absolute atomic E-state index is 0.0529. The summed E-state index contributed by atoms with van der Waals surface area (Å²) in [5.74, 6) is -2.28. The molecule has 1 aliphatic heterocycles. The topological polar surface area (TPSA) is 57.6 Å². The van der Waals surface area contributed by atoms with Gasteiger partial charge in [-0.25, -0.2) is 4.39 Å². The Morgan fingerprint density at radius 3 is 2.19 bits per heavy atom. The number of Topliss-reactive ketones (excluding diaryl/α,β-unsaturated/α-hetero) is 1. The highest BCUT2D eigenvalue weighted by Crippen LogP contribution is 2.41. The number of aryl methyl sites for hydroxylation is 1. The van der Waals surface area contributed by atoms with Gasteiger partial charge in [-0.05, 0) is 36.8 Å². The van der Waals surface area contributed by atoms with E-state index in [0.29, 0.717) is 11.3 Å². The van der Waals surface area contributed by atoms with Crippen LogP contribution in [-0.2, 0) is 9.59 Å². The van der Waals surface area contributed by atoms with Gasteiger partial charge in [-0.2, -0.15) is 0 Å². The smallest absolute Gasteiger partial charge is 0.294 e.